The van der Waals surface area contributed by atoms with Gasteiger partial charge in [0.05, 0.1) is 24.5 Å². The number of aromatic nitrogens is 1. The van der Waals surface area contributed by atoms with Gasteiger partial charge < -0.3 is 15.4 Å². The van der Waals surface area contributed by atoms with E-state index < -0.39 is 0 Å². The minimum Gasteiger partial charge on any atom is -0.379 e. The van der Waals surface area contributed by atoms with Gasteiger partial charge in [-0.05, 0) is 38.2 Å². The standard InChI is InChI=1S/C15H24N4O2S/c1-10(9-19-5-7-21-8-6-19)16-14(20)13-11(2)18-22-15(13)17-12-3-4-12/h10,12,17H,3-9H2,1-2H3,(H,16,20). The Morgan fingerprint density at radius 3 is 2.86 bits per heavy atom. The van der Waals surface area contributed by atoms with Crippen molar-refractivity contribution < 1.29 is 9.53 Å². The summed E-state index contributed by atoms with van der Waals surface area (Å²) >= 11 is 1.39. The molecule has 0 bridgehead atoms. The zero-order valence-corrected chi connectivity index (χ0v) is 14.0. The SMILES string of the molecule is Cc1nsc(NC2CC2)c1C(=O)NC(C)CN1CCOCC1. The number of carbonyl (C=O) groups excluding carboxylic acids is 1. The van der Waals surface area contributed by atoms with Crippen molar-refractivity contribution in [2.75, 3.05) is 38.2 Å². The topological polar surface area (TPSA) is 66.5 Å². The predicted octanol–water partition coefficient (Wildman–Crippen LogP) is 1.48. The van der Waals surface area contributed by atoms with Crippen LogP contribution in [-0.2, 0) is 4.74 Å². The summed E-state index contributed by atoms with van der Waals surface area (Å²) in [6, 6.07) is 0.635. The molecule has 2 N–H and O–H groups in total. The first-order chi connectivity index (χ1) is 10.6. The summed E-state index contributed by atoms with van der Waals surface area (Å²) in [5, 5.41) is 7.43. The van der Waals surface area contributed by atoms with E-state index in [0.717, 1.165) is 43.5 Å². The van der Waals surface area contributed by atoms with Crippen LogP contribution in [0.15, 0.2) is 0 Å². The molecule has 6 nitrogen and oxygen atoms in total. The average Bonchev–Trinajstić information content (AvgIpc) is 3.22. The molecule has 1 aromatic heterocycles. The molecule has 22 heavy (non-hydrogen) atoms. The molecule has 1 aliphatic heterocycles. The number of rotatable bonds is 6. The molecule has 0 radical (unpaired) electrons. The van der Waals surface area contributed by atoms with Crippen molar-refractivity contribution in [2.24, 2.45) is 0 Å². The maximum absolute atomic E-state index is 12.6. The molecule has 2 heterocycles. The molecule has 1 unspecified atom stereocenters. The average molecular weight is 324 g/mol. The van der Waals surface area contributed by atoms with Crippen molar-refractivity contribution in [3.8, 4) is 0 Å². The molecule has 0 aromatic carbocycles. The number of anilines is 1. The van der Waals surface area contributed by atoms with Crippen LogP contribution in [0.5, 0.6) is 0 Å². The van der Waals surface area contributed by atoms with Gasteiger partial charge in [-0.2, -0.15) is 4.37 Å². The molecule has 1 saturated carbocycles. The van der Waals surface area contributed by atoms with Crippen LogP contribution >= 0.6 is 11.5 Å². The maximum Gasteiger partial charge on any atom is 0.256 e. The van der Waals surface area contributed by atoms with Crippen LogP contribution < -0.4 is 10.6 Å². The first kappa shape index (κ1) is 15.7. The number of nitrogens with one attached hydrogen (secondary N) is 2. The third kappa shape index (κ3) is 3.97. The highest BCUT2D eigenvalue weighted by Gasteiger charge is 2.26. The molecule has 2 fully saturated rings. The molecule has 1 atom stereocenters. The molecule has 122 valence electrons. The first-order valence-corrected chi connectivity index (χ1v) is 8.74. The molecule has 2 aliphatic rings. The van der Waals surface area contributed by atoms with E-state index in [1.54, 1.807) is 0 Å². The summed E-state index contributed by atoms with van der Waals surface area (Å²) in [6.07, 6.45) is 2.37. The third-order valence-corrected chi connectivity index (χ3v) is 4.89. The fourth-order valence-electron chi connectivity index (χ4n) is 2.66. The Balaban J connectivity index is 1.57. The summed E-state index contributed by atoms with van der Waals surface area (Å²) in [5.41, 5.74) is 1.52. The number of carbonyl (C=O) groups is 1. The largest absolute Gasteiger partial charge is 0.379 e. The lowest BCUT2D eigenvalue weighted by molar-refractivity contribution is 0.0342. The Morgan fingerprint density at radius 2 is 2.18 bits per heavy atom. The van der Waals surface area contributed by atoms with E-state index in [1.165, 1.54) is 24.4 Å². The summed E-state index contributed by atoms with van der Waals surface area (Å²) in [5.74, 6) is -0.0184. The Hall–Kier alpha value is -1.18. The van der Waals surface area contributed by atoms with Crippen LogP contribution in [-0.4, -0.2) is 60.1 Å². The molecule has 1 aliphatic carbocycles. The van der Waals surface area contributed by atoms with E-state index in [-0.39, 0.29) is 11.9 Å². The molecule has 7 heteroatoms. The molecule has 1 aromatic rings. The van der Waals surface area contributed by atoms with Gasteiger partial charge in [0.1, 0.15) is 5.00 Å². The van der Waals surface area contributed by atoms with Crippen LogP contribution in [0.3, 0.4) is 0 Å². The summed E-state index contributed by atoms with van der Waals surface area (Å²) in [6.45, 7) is 8.25. The van der Waals surface area contributed by atoms with E-state index in [0.29, 0.717) is 11.6 Å². The lowest BCUT2D eigenvalue weighted by atomic mass is 10.2. The lowest BCUT2D eigenvalue weighted by Crippen LogP contribution is -2.46. The molecule has 0 spiro atoms. The minimum atomic E-state index is -0.0184. The highest BCUT2D eigenvalue weighted by molar-refractivity contribution is 7.10. The second kappa shape index (κ2) is 6.93. The minimum absolute atomic E-state index is 0.0184. The fraction of sp³-hybridized carbons (Fsp3) is 0.733. The zero-order chi connectivity index (χ0) is 15.5. The molecule has 1 amide bonds. The second-order valence-corrected chi connectivity index (χ2v) is 6.95. The van der Waals surface area contributed by atoms with Crippen molar-refractivity contribution in [1.82, 2.24) is 14.6 Å². The van der Waals surface area contributed by atoms with Crippen LogP contribution in [0.4, 0.5) is 5.00 Å². The molecule has 3 rings (SSSR count). The Kier molecular flexibility index (Phi) is 4.95. The monoisotopic (exact) mass is 324 g/mol. The van der Waals surface area contributed by atoms with Gasteiger partial charge in [0.2, 0.25) is 0 Å². The van der Waals surface area contributed by atoms with Crippen LogP contribution in [0.1, 0.15) is 35.8 Å². The van der Waals surface area contributed by atoms with Crippen LogP contribution in [0.25, 0.3) is 0 Å². The van der Waals surface area contributed by atoms with E-state index >= 15 is 0 Å². The van der Waals surface area contributed by atoms with Gasteiger partial charge in [-0.3, -0.25) is 9.69 Å². The maximum atomic E-state index is 12.6. The third-order valence-electron chi connectivity index (χ3n) is 4.02. The molecular weight excluding hydrogens is 300 g/mol. The number of ether oxygens (including phenoxy) is 1. The quantitative estimate of drug-likeness (QED) is 0.830. The molecular formula is C15H24N4O2S. The Labute approximate surface area is 135 Å². The van der Waals surface area contributed by atoms with Gasteiger partial charge in [0, 0.05) is 31.7 Å². The van der Waals surface area contributed by atoms with Crippen molar-refractivity contribution in [1.29, 1.82) is 0 Å². The van der Waals surface area contributed by atoms with Crippen molar-refractivity contribution in [3.05, 3.63) is 11.3 Å². The Morgan fingerprint density at radius 1 is 1.45 bits per heavy atom. The van der Waals surface area contributed by atoms with Gasteiger partial charge in [0.15, 0.2) is 0 Å². The normalized spacial score (nSPS) is 20.6. The number of hydrogen-bond acceptors (Lipinski definition) is 6. The summed E-state index contributed by atoms with van der Waals surface area (Å²) in [4.78, 5) is 14.9. The van der Waals surface area contributed by atoms with Crippen LogP contribution in [0, 0.1) is 6.92 Å². The highest BCUT2D eigenvalue weighted by Crippen LogP contribution is 2.31. The fourth-order valence-corrected chi connectivity index (χ4v) is 3.53. The predicted molar refractivity (Wildman–Crippen MR) is 87.7 cm³/mol. The second-order valence-electron chi connectivity index (χ2n) is 6.18. The van der Waals surface area contributed by atoms with E-state index in [4.69, 9.17) is 4.74 Å². The van der Waals surface area contributed by atoms with Crippen molar-refractivity contribution in [3.63, 3.8) is 0 Å². The van der Waals surface area contributed by atoms with Crippen molar-refractivity contribution in [2.45, 2.75) is 38.8 Å². The smallest absolute Gasteiger partial charge is 0.256 e. The highest BCUT2D eigenvalue weighted by atomic mass is 32.1. The van der Waals surface area contributed by atoms with E-state index in [1.807, 2.05) is 6.92 Å². The van der Waals surface area contributed by atoms with E-state index in [9.17, 15) is 4.79 Å². The zero-order valence-electron chi connectivity index (χ0n) is 13.2. The van der Waals surface area contributed by atoms with Crippen molar-refractivity contribution >= 4 is 22.4 Å². The van der Waals surface area contributed by atoms with Gasteiger partial charge in [-0.15, -0.1) is 0 Å². The molecule has 1 saturated heterocycles. The summed E-state index contributed by atoms with van der Waals surface area (Å²) in [7, 11) is 0. The van der Waals surface area contributed by atoms with Gasteiger partial charge >= 0.3 is 0 Å². The number of morpholine rings is 1. The van der Waals surface area contributed by atoms with E-state index in [2.05, 4.69) is 26.8 Å². The lowest BCUT2D eigenvalue weighted by Gasteiger charge is -2.29. The van der Waals surface area contributed by atoms with Gasteiger partial charge in [-0.25, -0.2) is 0 Å². The number of amides is 1. The number of aryl methyl sites for hydroxylation is 1. The van der Waals surface area contributed by atoms with Crippen LogP contribution in [0.2, 0.25) is 0 Å². The Bertz CT molecular complexity index is 524. The number of hydrogen-bond donors (Lipinski definition) is 2. The number of nitrogens with zero attached hydrogens (tertiary/aromatic N) is 2. The first-order valence-electron chi connectivity index (χ1n) is 7.97. The summed E-state index contributed by atoms with van der Waals surface area (Å²) < 4.78 is 9.68. The van der Waals surface area contributed by atoms with Gasteiger partial charge in [-0.1, -0.05) is 0 Å². The van der Waals surface area contributed by atoms with Gasteiger partial charge in [0.25, 0.3) is 5.91 Å².